The smallest absolute Gasteiger partial charge is 0.308 e. The van der Waals surface area contributed by atoms with E-state index in [1.54, 1.807) is 0 Å². The van der Waals surface area contributed by atoms with Crippen molar-refractivity contribution in [2.24, 2.45) is 11.8 Å². The number of esters is 1. The van der Waals surface area contributed by atoms with Gasteiger partial charge in [-0.25, -0.2) is 0 Å². The molecule has 0 N–H and O–H groups in total. The Morgan fingerprint density at radius 2 is 1.89 bits per heavy atom. The number of rotatable bonds is 2. The second-order valence-electron chi connectivity index (χ2n) is 5.18. The Kier molecular flexibility index (Phi) is 4.22. The van der Waals surface area contributed by atoms with Gasteiger partial charge < -0.3 is 14.4 Å². The molecule has 0 aliphatic carbocycles. The number of methoxy groups -OCH3 is 1. The van der Waals surface area contributed by atoms with Gasteiger partial charge in [0.2, 0.25) is 0 Å². The number of hydrogen-bond acceptors (Lipinski definition) is 4. The predicted molar refractivity (Wildman–Crippen MR) is 64.8 cm³/mol. The van der Waals surface area contributed by atoms with E-state index in [1.807, 2.05) is 4.90 Å². The highest BCUT2D eigenvalue weighted by molar-refractivity contribution is 5.82. The Morgan fingerprint density at radius 3 is 2.39 bits per heavy atom. The summed E-state index contributed by atoms with van der Waals surface area (Å²) < 4.78 is 10.2. The lowest BCUT2D eigenvalue weighted by Gasteiger charge is -2.32. The minimum atomic E-state index is -0.278. The first kappa shape index (κ1) is 13.3. The SMILES string of the molecule is COC(=O)C1CCN(C(=O)C2OCCC2C)CC1. The van der Waals surface area contributed by atoms with Gasteiger partial charge in [-0.2, -0.15) is 0 Å². The summed E-state index contributed by atoms with van der Waals surface area (Å²) in [4.78, 5) is 25.5. The summed E-state index contributed by atoms with van der Waals surface area (Å²) in [5, 5.41) is 0. The summed E-state index contributed by atoms with van der Waals surface area (Å²) in [5.74, 6) is 0.174. The molecule has 18 heavy (non-hydrogen) atoms. The van der Waals surface area contributed by atoms with Crippen LogP contribution < -0.4 is 0 Å². The molecule has 0 aromatic heterocycles. The van der Waals surface area contributed by atoms with Gasteiger partial charge in [-0.1, -0.05) is 6.92 Å². The lowest BCUT2D eigenvalue weighted by atomic mass is 9.95. The quantitative estimate of drug-likeness (QED) is 0.686. The Morgan fingerprint density at radius 1 is 1.22 bits per heavy atom. The fraction of sp³-hybridized carbons (Fsp3) is 0.846. The van der Waals surface area contributed by atoms with Crippen molar-refractivity contribution in [3.8, 4) is 0 Å². The molecule has 2 fully saturated rings. The molecular formula is C13H21NO4. The van der Waals surface area contributed by atoms with Crippen molar-refractivity contribution in [3.05, 3.63) is 0 Å². The van der Waals surface area contributed by atoms with Crippen molar-refractivity contribution in [2.75, 3.05) is 26.8 Å². The lowest BCUT2D eigenvalue weighted by Crippen LogP contribution is -2.46. The second kappa shape index (κ2) is 5.69. The van der Waals surface area contributed by atoms with Crippen LogP contribution in [0.2, 0.25) is 0 Å². The summed E-state index contributed by atoms with van der Waals surface area (Å²) in [6.07, 6.45) is 2.06. The predicted octanol–water partition coefficient (Wildman–Crippen LogP) is 0.823. The maximum absolute atomic E-state index is 12.2. The van der Waals surface area contributed by atoms with Gasteiger partial charge in [-0.15, -0.1) is 0 Å². The Labute approximate surface area is 107 Å². The fourth-order valence-corrected chi connectivity index (χ4v) is 2.69. The monoisotopic (exact) mass is 255 g/mol. The number of carbonyl (C=O) groups is 2. The number of ether oxygens (including phenoxy) is 2. The largest absolute Gasteiger partial charge is 0.469 e. The molecule has 0 saturated carbocycles. The van der Waals surface area contributed by atoms with E-state index < -0.39 is 0 Å². The van der Waals surface area contributed by atoms with Crippen molar-refractivity contribution in [1.82, 2.24) is 4.90 Å². The van der Waals surface area contributed by atoms with Gasteiger partial charge in [0.05, 0.1) is 13.0 Å². The van der Waals surface area contributed by atoms with E-state index in [1.165, 1.54) is 7.11 Å². The summed E-state index contributed by atoms with van der Waals surface area (Å²) >= 11 is 0. The first-order valence-corrected chi connectivity index (χ1v) is 6.61. The van der Waals surface area contributed by atoms with E-state index in [-0.39, 0.29) is 23.9 Å². The number of piperidine rings is 1. The zero-order chi connectivity index (χ0) is 13.1. The molecule has 2 aliphatic rings. The number of carbonyl (C=O) groups excluding carboxylic acids is 2. The van der Waals surface area contributed by atoms with E-state index in [2.05, 4.69) is 6.92 Å². The zero-order valence-electron chi connectivity index (χ0n) is 11.1. The molecular weight excluding hydrogens is 234 g/mol. The molecule has 2 atom stereocenters. The third-order valence-electron chi connectivity index (χ3n) is 3.97. The van der Waals surface area contributed by atoms with E-state index in [9.17, 15) is 9.59 Å². The second-order valence-corrected chi connectivity index (χ2v) is 5.18. The molecule has 0 bridgehead atoms. The molecule has 0 spiro atoms. The molecule has 5 nitrogen and oxygen atoms in total. The molecule has 2 aliphatic heterocycles. The third kappa shape index (κ3) is 2.66. The van der Waals surface area contributed by atoms with Crippen LogP contribution in [0.5, 0.6) is 0 Å². The normalized spacial score (nSPS) is 29.3. The Bertz CT molecular complexity index is 323. The highest BCUT2D eigenvalue weighted by Gasteiger charge is 2.36. The maximum atomic E-state index is 12.2. The number of nitrogens with zero attached hydrogens (tertiary/aromatic N) is 1. The zero-order valence-corrected chi connectivity index (χ0v) is 11.1. The third-order valence-corrected chi connectivity index (χ3v) is 3.97. The van der Waals surface area contributed by atoms with Gasteiger partial charge in [0.25, 0.3) is 5.91 Å². The molecule has 2 saturated heterocycles. The average Bonchev–Trinajstić information content (AvgIpc) is 2.83. The highest BCUT2D eigenvalue weighted by atomic mass is 16.5. The van der Waals surface area contributed by atoms with Gasteiger partial charge >= 0.3 is 5.97 Å². The fourth-order valence-electron chi connectivity index (χ4n) is 2.69. The first-order chi connectivity index (χ1) is 8.63. The highest BCUT2D eigenvalue weighted by Crippen LogP contribution is 2.25. The summed E-state index contributed by atoms with van der Waals surface area (Å²) in [6, 6.07) is 0. The number of hydrogen-bond donors (Lipinski definition) is 0. The van der Waals surface area contributed by atoms with Crippen LogP contribution in [0.3, 0.4) is 0 Å². The average molecular weight is 255 g/mol. The van der Waals surface area contributed by atoms with Crippen LogP contribution in [0.15, 0.2) is 0 Å². The van der Waals surface area contributed by atoms with Crippen LogP contribution in [0.25, 0.3) is 0 Å². The van der Waals surface area contributed by atoms with Crippen molar-refractivity contribution < 1.29 is 19.1 Å². The Hall–Kier alpha value is -1.10. The van der Waals surface area contributed by atoms with Crippen LogP contribution in [0, 0.1) is 11.8 Å². The van der Waals surface area contributed by atoms with Crippen LogP contribution in [-0.2, 0) is 19.1 Å². The first-order valence-electron chi connectivity index (χ1n) is 6.61. The summed E-state index contributed by atoms with van der Waals surface area (Å²) in [5.41, 5.74) is 0. The molecule has 0 aromatic rings. The summed E-state index contributed by atoms with van der Waals surface area (Å²) in [6.45, 7) is 3.99. The summed E-state index contributed by atoms with van der Waals surface area (Å²) in [7, 11) is 1.41. The van der Waals surface area contributed by atoms with E-state index in [0.717, 1.165) is 6.42 Å². The number of likely N-dealkylation sites (tertiary alicyclic amines) is 1. The molecule has 2 heterocycles. The van der Waals surface area contributed by atoms with Crippen LogP contribution in [-0.4, -0.2) is 49.7 Å². The molecule has 0 aromatic carbocycles. The lowest BCUT2D eigenvalue weighted by molar-refractivity contribution is -0.151. The van der Waals surface area contributed by atoms with Gasteiger partial charge in [0.15, 0.2) is 0 Å². The minimum absolute atomic E-state index is 0.0547. The molecule has 2 rings (SSSR count). The maximum Gasteiger partial charge on any atom is 0.308 e. The topological polar surface area (TPSA) is 55.8 Å². The van der Waals surface area contributed by atoms with E-state index >= 15 is 0 Å². The molecule has 2 unspecified atom stereocenters. The van der Waals surface area contributed by atoms with E-state index in [4.69, 9.17) is 9.47 Å². The molecule has 102 valence electrons. The standard InChI is InChI=1S/C13H21NO4/c1-9-5-8-18-11(9)12(15)14-6-3-10(4-7-14)13(16)17-2/h9-11H,3-8H2,1-2H3. The number of amides is 1. The van der Waals surface area contributed by atoms with Crippen molar-refractivity contribution in [1.29, 1.82) is 0 Å². The van der Waals surface area contributed by atoms with Crippen molar-refractivity contribution in [2.45, 2.75) is 32.3 Å². The van der Waals surface area contributed by atoms with Crippen LogP contribution in [0.4, 0.5) is 0 Å². The van der Waals surface area contributed by atoms with Crippen molar-refractivity contribution in [3.63, 3.8) is 0 Å². The van der Waals surface area contributed by atoms with E-state index in [0.29, 0.717) is 38.5 Å². The van der Waals surface area contributed by atoms with Gasteiger partial charge in [0.1, 0.15) is 6.10 Å². The van der Waals surface area contributed by atoms with Gasteiger partial charge in [-0.05, 0) is 25.2 Å². The van der Waals surface area contributed by atoms with Crippen LogP contribution >= 0.6 is 0 Å². The van der Waals surface area contributed by atoms with Gasteiger partial charge in [-0.3, -0.25) is 9.59 Å². The van der Waals surface area contributed by atoms with Crippen LogP contribution in [0.1, 0.15) is 26.2 Å². The van der Waals surface area contributed by atoms with Gasteiger partial charge in [0, 0.05) is 19.7 Å². The molecule has 5 heteroatoms. The Balaban J connectivity index is 1.86. The minimum Gasteiger partial charge on any atom is -0.469 e. The van der Waals surface area contributed by atoms with Crippen molar-refractivity contribution >= 4 is 11.9 Å². The molecule has 1 amide bonds. The molecule has 0 radical (unpaired) electrons.